The number of hydrogen-bond acceptors (Lipinski definition) is 4. The second-order valence-corrected chi connectivity index (χ2v) is 6.14. The van der Waals surface area contributed by atoms with Gasteiger partial charge in [-0.05, 0) is 36.4 Å². The van der Waals surface area contributed by atoms with Gasteiger partial charge in [0.1, 0.15) is 5.75 Å². The van der Waals surface area contributed by atoms with Crippen LogP contribution in [0.1, 0.15) is 23.7 Å². The maximum absolute atomic E-state index is 12.2. The fraction of sp³-hybridized carbons (Fsp3) is 0.133. The van der Waals surface area contributed by atoms with E-state index in [1.807, 2.05) is 0 Å². The van der Waals surface area contributed by atoms with E-state index in [-0.39, 0.29) is 16.4 Å². The van der Waals surface area contributed by atoms with Crippen LogP contribution in [-0.2, 0) is 10.0 Å². The van der Waals surface area contributed by atoms with Crippen LogP contribution in [0.5, 0.6) is 5.75 Å². The molecule has 21 heavy (non-hydrogen) atoms. The molecule has 0 unspecified atom stereocenters. The van der Waals surface area contributed by atoms with E-state index in [1.54, 1.807) is 6.92 Å². The van der Waals surface area contributed by atoms with Gasteiger partial charge < -0.3 is 5.11 Å². The van der Waals surface area contributed by atoms with Crippen LogP contribution in [0, 0.1) is 0 Å². The van der Waals surface area contributed by atoms with Crippen LogP contribution in [0.15, 0.2) is 53.4 Å². The van der Waals surface area contributed by atoms with E-state index in [2.05, 4.69) is 4.72 Å². The number of hydrogen-bond donors (Lipinski definition) is 2. The molecule has 6 heteroatoms. The maximum Gasteiger partial charge on any atom is 0.261 e. The predicted octanol–water partition coefficient (Wildman–Crippen LogP) is 2.79. The van der Waals surface area contributed by atoms with Crippen LogP contribution in [0.2, 0.25) is 0 Å². The van der Waals surface area contributed by atoms with Gasteiger partial charge in [0.15, 0.2) is 5.78 Å². The molecule has 0 spiro atoms. The Morgan fingerprint density at radius 3 is 2.14 bits per heavy atom. The van der Waals surface area contributed by atoms with Crippen LogP contribution in [0.3, 0.4) is 0 Å². The summed E-state index contributed by atoms with van der Waals surface area (Å²) in [7, 11) is -3.72. The van der Waals surface area contributed by atoms with Gasteiger partial charge in [-0.2, -0.15) is 0 Å². The first-order valence-corrected chi connectivity index (χ1v) is 7.86. The standard InChI is InChI=1S/C15H15NO4S/c1-2-15(18)11-3-9-14(10-4-11)21(19,20)16-12-5-7-13(17)8-6-12/h3-10,16-17H,2H2,1H3. The largest absolute Gasteiger partial charge is 0.508 e. The Balaban J connectivity index is 2.23. The molecule has 5 nitrogen and oxygen atoms in total. The lowest BCUT2D eigenvalue weighted by Gasteiger charge is -2.08. The maximum atomic E-state index is 12.2. The zero-order chi connectivity index (χ0) is 15.5. The number of benzene rings is 2. The van der Waals surface area contributed by atoms with Crippen molar-refractivity contribution in [2.24, 2.45) is 0 Å². The molecule has 110 valence electrons. The highest BCUT2D eigenvalue weighted by molar-refractivity contribution is 7.92. The number of rotatable bonds is 5. The summed E-state index contributed by atoms with van der Waals surface area (Å²) in [6.07, 6.45) is 0.373. The number of phenolic OH excluding ortho intramolecular Hbond substituents is 1. The molecule has 0 aliphatic carbocycles. The first-order chi connectivity index (χ1) is 9.92. The van der Waals surface area contributed by atoms with Gasteiger partial charge in [0.25, 0.3) is 10.0 Å². The lowest BCUT2D eigenvalue weighted by atomic mass is 10.1. The summed E-state index contributed by atoms with van der Waals surface area (Å²) in [5.41, 5.74) is 0.836. The van der Waals surface area contributed by atoms with Gasteiger partial charge in [-0.15, -0.1) is 0 Å². The smallest absolute Gasteiger partial charge is 0.261 e. The number of carbonyl (C=O) groups excluding carboxylic acids is 1. The first-order valence-electron chi connectivity index (χ1n) is 6.37. The minimum absolute atomic E-state index is 0.0366. The molecular weight excluding hydrogens is 290 g/mol. The predicted molar refractivity (Wildman–Crippen MR) is 80.0 cm³/mol. The lowest BCUT2D eigenvalue weighted by Crippen LogP contribution is -2.13. The molecule has 2 rings (SSSR count). The molecule has 0 heterocycles. The van der Waals surface area contributed by atoms with Gasteiger partial charge in [0.2, 0.25) is 0 Å². The van der Waals surface area contributed by atoms with Crippen molar-refractivity contribution in [3.05, 3.63) is 54.1 Å². The number of nitrogens with one attached hydrogen (secondary N) is 1. The van der Waals surface area contributed by atoms with E-state index in [1.165, 1.54) is 48.5 Å². The minimum atomic E-state index is -3.72. The molecular formula is C15H15NO4S. The summed E-state index contributed by atoms with van der Waals surface area (Å²) in [4.78, 5) is 11.6. The normalized spacial score (nSPS) is 11.1. The topological polar surface area (TPSA) is 83.5 Å². The zero-order valence-corrected chi connectivity index (χ0v) is 12.2. The Kier molecular flexibility index (Phi) is 4.28. The van der Waals surface area contributed by atoms with Crippen molar-refractivity contribution in [1.29, 1.82) is 0 Å². The number of anilines is 1. The van der Waals surface area contributed by atoms with Crippen molar-refractivity contribution < 1.29 is 18.3 Å². The monoisotopic (exact) mass is 305 g/mol. The molecule has 0 aromatic heterocycles. The number of carbonyl (C=O) groups is 1. The average molecular weight is 305 g/mol. The van der Waals surface area contributed by atoms with Gasteiger partial charge in [0, 0.05) is 17.7 Å². The van der Waals surface area contributed by atoms with E-state index in [9.17, 15) is 13.2 Å². The highest BCUT2D eigenvalue weighted by Crippen LogP contribution is 2.19. The molecule has 0 fully saturated rings. The molecule has 0 saturated carbocycles. The molecule has 0 aliphatic rings. The second kappa shape index (κ2) is 5.97. The SMILES string of the molecule is CCC(=O)c1ccc(S(=O)(=O)Nc2ccc(O)cc2)cc1. The van der Waals surface area contributed by atoms with Gasteiger partial charge >= 0.3 is 0 Å². The van der Waals surface area contributed by atoms with Crippen LogP contribution < -0.4 is 4.72 Å². The minimum Gasteiger partial charge on any atom is -0.508 e. The Hall–Kier alpha value is -2.34. The van der Waals surface area contributed by atoms with Crippen molar-refractivity contribution >= 4 is 21.5 Å². The molecule has 0 bridgehead atoms. The Labute approximate surface area is 123 Å². The fourth-order valence-corrected chi connectivity index (χ4v) is 2.83. The Morgan fingerprint density at radius 1 is 1.05 bits per heavy atom. The van der Waals surface area contributed by atoms with E-state index < -0.39 is 10.0 Å². The summed E-state index contributed by atoms with van der Waals surface area (Å²) < 4.78 is 26.8. The van der Waals surface area contributed by atoms with Crippen LogP contribution in [-0.4, -0.2) is 19.3 Å². The van der Waals surface area contributed by atoms with Crippen LogP contribution in [0.25, 0.3) is 0 Å². The molecule has 0 saturated heterocycles. The molecule has 2 N–H and O–H groups in total. The number of aromatic hydroxyl groups is 1. The van der Waals surface area contributed by atoms with E-state index in [4.69, 9.17) is 5.11 Å². The molecule has 0 amide bonds. The molecule has 2 aromatic rings. The first kappa shape index (κ1) is 15.1. The fourth-order valence-electron chi connectivity index (χ4n) is 1.77. The summed E-state index contributed by atoms with van der Waals surface area (Å²) in [5, 5.41) is 9.17. The zero-order valence-electron chi connectivity index (χ0n) is 11.4. The highest BCUT2D eigenvalue weighted by Gasteiger charge is 2.14. The Morgan fingerprint density at radius 2 is 1.62 bits per heavy atom. The summed E-state index contributed by atoms with van der Waals surface area (Å²) in [6, 6.07) is 11.5. The third-order valence-corrected chi connectivity index (χ3v) is 4.32. The molecule has 2 aromatic carbocycles. The van der Waals surface area contributed by atoms with Gasteiger partial charge in [0.05, 0.1) is 4.90 Å². The number of phenols is 1. The lowest BCUT2D eigenvalue weighted by molar-refractivity contribution is 0.0988. The van der Waals surface area contributed by atoms with E-state index in [0.29, 0.717) is 17.7 Å². The summed E-state index contributed by atoms with van der Waals surface area (Å²) in [5.74, 6) is 0.0193. The molecule has 0 aliphatic heterocycles. The van der Waals surface area contributed by atoms with Crippen LogP contribution >= 0.6 is 0 Å². The van der Waals surface area contributed by atoms with Crippen molar-refractivity contribution in [2.45, 2.75) is 18.2 Å². The number of sulfonamides is 1. The van der Waals surface area contributed by atoms with Gasteiger partial charge in [-0.1, -0.05) is 19.1 Å². The third-order valence-electron chi connectivity index (χ3n) is 2.93. The van der Waals surface area contributed by atoms with Crippen molar-refractivity contribution in [2.75, 3.05) is 4.72 Å². The Bertz CT molecular complexity index is 734. The summed E-state index contributed by atoms with van der Waals surface area (Å²) >= 11 is 0. The van der Waals surface area contributed by atoms with Crippen molar-refractivity contribution in [1.82, 2.24) is 0 Å². The van der Waals surface area contributed by atoms with E-state index in [0.717, 1.165) is 0 Å². The molecule has 0 radical (unpaired) electrons. The number of ketones is 1. The quantitative estimate of drug-likeness (QED) is 0.657. The van der Waals surface area contributed by atoms with E-state index >= 15 is 0 Å². The van der Waals surface area contributed by atoms with Crippen LogP contribution in [0.4, 0.5) is 5.69 Å². The second-order valence-electron chi connectivity index (χ2n) is 4.45. The third kappa shape index (κ3) is 3.61. The highest BCUT2D eigenvalue weighted by atomic mass is 32.2. The van der Waals surface area contributed by atoms with Gasteiger partial charge in [-0.25, -0.2) is 8.42 Å². The summed E-state index contributed by atoms with van der Waals surface area (Å²) in [6.45, 7) is 1.75. The van der Waals surface area contributed by atoms with Gasteiger partial charge in [-0.3, -0.25) is 9.52 Å². The molecule has 0 atom stereocenters. The number of Topliss-reactive ketones (excluding diaryl/α,β-unsaturated/α-hetero) is 1. The van der Waals surface area contributed by atoms with Crippen molar-refractivity contribution in [3.8, 4) is 5.75 Å². The average Bonchev–Trinajstić information content (AvgIpc) is 2.49. The van der Waals surface area contributed by atoms with Crippen molar-refractivity contribution in [3.63, 3.8) is 0 Å².